The Balaban J connectivity index is 1.76. The summed E-state index contributed by atoms with van der Waals surface area (Å²) in [6.45, 7) is 3.87. The zero-order valence-corrected chi connectivity index (χ0v) is 10.7. The van der Waals surface area contributed by atoms with Crippen LogP contribution in [0.15, 0.2) is 11.6 Å². The highest BCUT2D eigenvalue weighted by Crippen LogP contribution is 2.34. The van der Waals surface area contributed by atoms with Gasteiger partial charge < -0.3 is 9.47 Å². The van der Waals surface area contributed by atoms with Crippen molar-refractivity contribution in [3.05, 3.63) is 11.6 Å². The first kappa shape index (κ1) is 12.4. The number of ether oxygens (including phenoxy) is 2. The minimum absolute atomic E-state index is 0.0529. The molecule has 1 heterocycles. The highest BCUT2D eigenvalue weighted by atomic mass is 35.5. The maximum Gasteiger partial charge on any atom is 0.160 e. The van der Waals surface area contributed by atoms with E-state index in [-0.39, 0.29) is 6.29 Å². The van der Waals surface area contributed by atoms with Crippen molar-refractivity contribution in [3.63, 3.8) is 0 Å². The molecule has 0 amide bonds. The SMILES string of the molecule is CC1COC(C2CCC(/C=C/Cl)CC2)OC1. The van der Waals surface area contributed by atoms with Crippen LogP contribution in [0.2, 0.25) is 0 Å². The highest BCUT2D eigenvalue weighted by Gasteiger charge is 2.30. The van der Waals surface area contributed by atoms with Crippen molar-refractivity contribution >= 4 is 11.6 Å². The van der Waals surface area contributed by atoms with Crippen molar-refractivity contribution in [2.24, 2.45) is 17.8 Å². The van der Waals surface area contributed by atoms with Gasteiger partial charge in [-0.2, -0.15) is 0 Å². The first-order valence-electron chi connectivity index (χ1n) is 6.29. The fourth-order valence-corrected chi connectivity index (χ4v) is 2.80. The average molecular weight is 245 g/mol. The molecule has 1 aliphatic heterocycles. The Bertz CT molecular complexity index is 226. The third-order valence-electron chi connectivity index (χ3n) is 3.64. The molecule has 1 saturated carbocycles. The van der Waals surface area contributed by atoms with E-state index in [0.29, 0.717) is 17.8 Å². The van der Waals surface area contributed by atoms with Crippen LogP contribution >= 0.6 is 11.6 Å². The monoisotopic (exact) mass is 244 g/mol. The van der Waals surface area contributed by atoms with Crippen molar-refractivity contribution in [2.75, 3.05) is 13.2 Å². The summed E-state index contributed by atoms with van der Waals surface area (Å²) < 4.78 is 11.5. The van der Waals surface area contributed by atoms with Gasteiger partial charge in [-0.05, 0) is 31.6 Å². The van der Waals surface area contributed by atoms with Crippen molar-refractivity contribution in [2.45, 2.75) is 38.9 Å². The fraction of sp³-hybridized carbons (Fsp3) is 0.846. The van der Waals surface area contributed by atoms with E-state index in [1.165, 1.54) is 25.7 Å². The predicted molar refractivity (Wildman–Crippen MR) is 65.3 cm³/mol. The van der Waals surface area contributed by atoms with Crippen LogP contribution in [0.3, 0.4) is 0 Å². The Morgan fingerprint density at radius 1 is 1.06 bits per heavy atom. The van der Waals surface area contributed by atoms with Gasteiger partial charge in [-0.25, -0.2) is 0 Å². The zero-order valence-electron chi connectivity index (χ0n) is 9.90. The van der Waals surface area contributed by atoms with Crippen molar-refractivity contribution < 1.29 is 9.47 Å². The first-order chi connectivity index (χ1) is 7.79. The lowest BCUT2D eigenvalue weighted by Crippen LogP contribution is -2.37. The van der Waals surface area contributed by atoms with E-state index in [1.54, 1.807) is 5.54 Å². The molecule has 0 bridgehead atoms. The number of hydrogen-bond acceptors (Lipinski definition) is 2. The molecular weight excluding hydrogens is 224 g/mol. The van der Waals surface area contributed by atoms with Gasteiger partial charge in [0.05, 0.1) is 13.2 Å². The number of hydrogen-bond donors (Lipinski definition) is 0. The summed E-state index contributed by atoms with van der Waals surface area (Å²) in [5.41, 5.74) is 1.65. The normalized spacial score (nSPS) is 41.4. The summed E-state index contributed by atoms with van der Waals surface area (Å²) in [6.07, 6.45) is 7.00. The second kappa shape index (κ2) is 6.04. The third-order valence-corrected chi connectivity index (χ3v) is 3.78. The molecule has 0 N–H and O–H groups in total. The molecule has 0 aromatic heterocycles. The molecule has 2 fully saturated rings. The number of allylic oxidation sites excluding steroid dienone is 1. The van der Waals surface area contributed by atoms with Crippen molar-refractivity contribution in [3.8, 4) is 0 Å². The van der Waals surface area contributed by atoms with Gasteiger partial charge in [-0.15, -0.1) is 0 Å². The van der Waals surface area contributed by atoms with Crippen LogP contribution in [0.25, 0.3) is 0 Å². The van der Waals surface area contributed by atoms with Gasteiger partial charge in [0.2, 0.25) is 0 Å². The van der Waals surface area contributed by atoms with Gasteiger partial charge in [0, 0.05) is 17.4 Å². The van der Waals surface area contributed by atoms with E-state index in [2.05, 4.69) is 13.0 Å². The molecule has 92 valence electrons. The van der Waals surface area contributed by atoms with E-state index in [9.17, 15) is 0 Å². The summed E-state index contributed by atoms with van der Waals surface area (Å²) in [5, 5.41) is 0. The molecule has 0 aromatic rings. The summed E-state index contributed by atoms with van der Waals surface area (Å²) in [6, 6.07) is 0. The van der Waals surface area contributed by atoms with E-state index in [4.69, 9.17) is 21.1 Å². The second-order valence-electron chi connectivity index (χ2n) is 5.13. The Hall–Kier alpha value is -0.0500. The molecule has 2 rings (SSSR count). The topological polar surface area (TPSA) is 18.5 Å². The van der Waals surface area contributed by atoms with Gasteiger partial charge in [0.25, 0.3) is 0 Å². The minimum atomic E-state index is 0.0529. The lowest BCUT2D eigenvalue weighted by Gasteiger charge is -2.36. The zero-order chi connectivity index (χ0) is 11.4. The molecule has 0 spiro atoms. The largest absolute Gasteiger partial charge is 0.352 e. The van der Waals surface area contributed by atoms with Crippen LogP contribution in [-0.2, 0) is 9.47 Å². The van der Waals surface area contributed by atoms with Crippen LogP contribution in [0.5, 0.6) is 0 Å². The molecule has 0 atom stereocenters. The lowest BCUT2D eigenvalue weighted by molar-refractivity contribution is -0.226. The highest BCUT2D eigenvalue weighted by molar-refractivity contribution is 6.25. The molecule has 3 heteroatoms. The second-order valence-corrected chi connectivity index (χ2v) is 5.39. The molecule has 2 aliphatic rings. The summed E-state index contributed by atoms with van der Waals surface area (Å²) >= 11 is 5.61. The Morgan fingerprint density at radius 2 is 1.69 bits per heavy atom. The summed E-state index contributed by atoms with van der Waals surface area (Å²) in [7, 11) is 0. The van der Waals surface area contributed by atoms with Crippen LogP contribution in [-0.4, -0.2) is 19.5 Å². The quantitative estimate of drug-likeness (QED) is 0.740. The molecule has 16 heavy (non-hydrogen) atoms. The van der Waals surface area contributed by atoms with E-state index in [1.807, 2.05) is 0 Å². The van der Waals surface area contributed by atoms with Crippen LogP contribution < -0.4 is 0 Å². The third kappa shape index (κ3) is 3.22. The van der Waals surface area contributed by atoms with E-state index < -0.39 is 0 Å². The molecule has 2 nitrogen and oxygen atoms in total. The number of rotatable bonds is 2. The van der Waals surface area contributed by atoms with Gasteiger partial charge in [-0.1, -0.05) is 24.6 Å². The smallest absolute Gasteiger partial charge is 0.160 e. The van der Waals surface area contributed by atoms with E-state index in [0.717, 1.165) is 13.2 Å². The standard InChI is InChI=1S/C13H21ClO2/c1-10-8-15-13(16-9-10)12-4-2-11(3-5-12)6-7-14/h6-7,10-13H,2-5,8-9H2,1H3/b7-6+. The van der Waals surface area contributed by atoms with E-state index >= 15 is 0 Å². The fourth-order valence-electron chi connectivity index (χ4n) is 2.60. The minimum Gasteiger partial charge on any atom is -0.352 e. The summed E-state index contributed by atoms with van der Waals surface area (Å²) in [5.74, 6) is 1.80. The van der Waals surface area contributed by atoms with Crippen molar-refractivity contribution in [1.82, 2.24) is 0 Å². The molecule has 1 saturated heterocycles. The van der Waals surface area contributed by atoms with Gasteiger partial charge in [0.15, 0.2) is 6.29 Å². The maximum atomic E-state index is 5.76. The predicted octanol–water partition coefficient (Wildman–Crippen LogP) is 3.55. The average Bonchev–Trinajstić information content (AvgIpc) is 2.32. The van der Waals surface area contributed by atoms with Gasteiger partial charge in [-0.3, -0.25) is 0 Å². The maximum absolute atomic E-state index is 5.76. The molecule has 0 aromatic carbocycles. The van der Waals surface area contributed by atoms with Gasteiger partial charge in [0.1, 0.15) is 0 Å². The van der Waals surface area contributed by atoms with Crippen LogP contribution in [0.4, 0.5) is 0 Å². The first-order valence-corrected chi connectivity index (χ1v) is 6.73. The van der Waals surface area contributed by atoms with Crippen LogP contribution in [0, 0.1) is 17.8 Å². The molecular formula is C13H21ClO2. The Kier molecular flexibility index (Phi) is 4.68. The number of halogens is 1. The molecule has 0 unspecified atom stereocenters. The Labute approximate surface area is 103 Å². The van der Waals surface area contributed by atoms with Gasteiger partial charge >= 0.3 is 0 Å². The lowest BCUT2D eigenvalue weighted by atomic mass is 9.81. The Morgan fingerprint density at radius 3 is 2.25 bits per heavy atom. The summed E-state index contributed by atoms with van der Waals surface area (Å²) in [4.78, 5) is 0. The molecule has 1 aliphatic carbocycles. The van der Waals surface area contributed by atoms with Crippen LogP contribution in [0.1, 0.15) is 32.6 Å². The molecule has 0 radical (unpaired) electrons. The van der Waals surface area contributed by atoms with Crippen molar-refractivity contribution in [1.29, 1.82) is 0 Å².